The minimum Gasteiger partial charge on any atom is -0.488 e. The second-order valence-electron chi connectivity index (χ2n) is 7.56. The molecule has 0 heterocycles. The molecule has 0 fully saturated rings. The predicted molar refractivity (Wildman–Crippen MR) is 132 cm³/mol. The fourth-order valence-electron chi connectivity index (χ4n) is 2.55. The first-order chi connectivity index (χ1) is 13.6. The van der Waals surface area contributed by atoms with Crippen LogP contribution >= 0.6 is 24.0 Å². The summed E-state index contributed by atoms with van der Waals surface area (Å²) >= 11 is 0. The molecule has 9 heteroatoms. The fraction of sp³-hybridized carbons (Fsp3) is 0.381. The number of primary sulfonamides is 1. The summed E-state index contributed by atoms with van der Waals surface area (Å²) in [6, 6.07) is 14.3. The Hall–Kier alpha value is -1.85. The first kappa shape index (κ1) is 26.2. The smallest absolute Gasteiger partial charge is 0.238 e. The van der Waals surface area contributed by atoms with Crippen LogP contribution in [0.25, 0.3) is 0 Å². The number of nitrogens with zero attached hydrogens (tertiary/aromatic N) is 1. The van der Waals surface area contributed by atoms with Crippen LogP contribution in [0.15, 0.2) is 58.4 Å². The van der Waals surface area contributed by atoms with E-state index in [0.29, 0.717) is 19.0 Å². The van der Waals surface area contributed by atoms with E-state index in [1.54, 1.807) is 12.1 Å². The SMILES string of the molecule is CCNC(=NCc1ccc(S(N)(=O)=O)cc1)NCc1ccccc1OC(C)(C)C.I. The van der Waals surface area contributed by atoms with Gasteiger partial charge >= 0.3 is 0 Å². The summed E-state index contributed by atoms with van der Waals surface area (Å²) in [6.07, 6.45) is 0. The van der Waals surface area contributed by atoms with E-state index in [9.17, 15) is 8.42 Å². The van der Waals surface area contributed by atoms with Gasteiger partial charge in [0.25, 0.3) is 0 Å². The van der Waals surface area contributed by atoms with E-state index in [1.807, 2.05) is 52.0 Å². The molecule has 2 rings (SSSR count). The average Bonchev–Trinajstić information content (AvgIpc) is 2.63. The second-order valence-corrected chi connectivity index (χ2v) is 9.12. The Kier molecular flexibility index (Phi) is 10.1. The highest BCUT2D eigenvalue weighted by Crippen LogP contribution is 2.22. The Balaban J connectivity index is 0.00000450. The molecule has 30 heavy (non-hydrogen) atoms. The molecule has 0 saturated carbocycles. The van der Waals surface area contributed by atoms with Crippen molar-refractivity contribution in [3.05, 3.63) is 59.7 Å². The summed E-state index contributed by atoms with van der Waals surface area (Å²) < 4.78 is 28.7. The maximum atomic E-state index is 11.3. The van der Waals surface area contributed by atoms with Gasteiger partial charge in [0, 0.05) is 18.7 Å². The molecule has 0 bridgehead atoms. The number of hydrogen-bond acceptors (Lipinski definition) is 4. The minimum atomic E-state index is -3.69. The lowest BCUT2D eigenvalue weighted by Crippen LogP contribution is -2.37. The molecule has 0 radical (unpaired) electrons. The Morgan fingerprint density at radius 3 is 2.27 bits per heavy atom. The normalized spacial score (nSPS) is 12.1. The van der Waals surface area contributed by atoms with Crippen molar-refractivity contribution in [3.8, 4) is 5.75 Å². The lowest BCUT2D eigenvalue weighted by Gasteiger charge is -2.23. The van der Waals surface area contributed by atoms with Crippen LogP contribution in [0, 0.1) is 0 Å². The molecule has 0 unspecified atom stereocenters. The first-order valence-corrected chi connectivity index (χ1v) is 11.0. The predicted octanol–water partition coefficient (Wildman–Crippen LogP) is 3.38. The number of nitrogens with two attached hydrogens (primary N) is 1. The number of guanidine groups is 1. The van der Waals surface area contributed by atoms with Crippen molar-refractivity contribution in [2.45, 2.75) is 51.3 Å². The van der Waals surface area contributed by atoms with Crippen molar-refractivity contribution in [2.24, 2.45) is 10.1 Å². The Bertz CT molecular complexity index is 939. The number of aliphatic imine (C=N–C) groups is 1. The number of ether oxygens (including phenoxy) is 1. The summed E-state index contributed by atoms with van der Waals surface area (Å²) in [4.78, 5) is 4.66. The van der Waals surface area contributed by atoms with E-state index in [-0.39, 0.29) is 34.5 Å². The molecule has 0 aliphatic carbocycles. The fourth-order valence-corrected chi connectivity index (χ4v) is 3.07. The number of rotatable bonds is 7. The zero-order valence-electron chi connectivity index (χ0n) is 17.8. The van der Waals surface area contributed by atoms with Crippen LogP contribution in [-0.4, -0.2) is 26.5 Å². The minimum absolute atomic E-state index is 0. The lowest BCUT2D eigenvalue weighted by molar-refractivity contribution is 0.129. The van der Waals surface area contributed by atoms with Crippen molar-refractivity contribution < 1.29 is 13.2 Å². The van der Waals surface area contributed by atoms with Gasteiger partial charge in [-0.25, -0.2) is 18.5 Å². The molecule has 2 aromatic carbocycles. The van der Waals surface area contributed by atoms with E-state index < -0.39 is 10.0 Å². The lowest BCUT2D eigenvalue weighted by atomic mass is 10.1. The van der Waals surface area contributed by atoms with Crippen LogP contribution in [-0.2, 0) is 23.1 Å². The summed E-state index contributed by atoms with van der Waals surface area (Å²) in [5, 5.41) is 11.6. The molecule has 0 saturated heterocycles. The second kappa shape index (κ2) is 11.5. The summed E-state index contributed by atoms with van der Waals surface area (Å²) in [5.74, 6) is 1.50. The van der Waals surface area contributed by atoms with Crippen LogP contribution in [0.2, 0.25) is 0 Å². The van der Waals surface area contributed by atoms with Gasteiger partial charge in [-0.3, -0.25) is 0 Å². The highest BCUT2D eigenvalue weighted by atomic mass is 127. The maximum absolute atomic E-state index is 11.3. The number of nitrogens with one attached hydrogen (secondary N) is 2. The van der Waals surface area contributed by atoms with Crippen molar-refractivity contribution >= 4 is 40.0 Å². The van der Waals surface area contributed by atoms with Gasteiger partial charge in [0.15, 0.2) is 5.96 Å². The maximum Gasteiger partial charge on any atom is 0.238 e. The van der Waals surface area contributed by atoms with Gasteiger partial charge in [-0.2, -0.15) is 0 Å². The third-order valence-corrected chi connectivity index (χ3v) is 4.78. The quantitative estimate of drug-likeness (QED) is 0.281. The van der Waals surface area contributed by atoms with E-state index in [2.05, 4.69) is 15.6 Å². The van der Waals surface area contributed by atoms with E-state index in [4.69, 9.17) is 9.88 Å². The van der Waals surface area contributed by atoms with Gasteiger partial charge in [0.2, 0.25) is 10.0 Å². The number of para-hydroxylation sites is 1. The third-order valence-electron chi connectivity index (χ3n) is 3.85. The first-order valence-electron chi connectivity index (χ1n) is 9.49. The third kappa shape index (κ3) is 8.88. The van der Waals surface area contributed by atoms with Crippen molar-refractivity contribution in [3.63, 3.8) is 0 Å². The highest BCUT2D eigenvalue weighted by molar-refractivity contribution is 14.0. The van der Waals surface area contributed by atoms with Crippen LogP contribution in [0.4, 0.5) is 0 Å². The Labute approximate surface area is 196 Å². The number of hydrogen-bond donors (Lipinski definition) is 3. The van der Waals surface area contributed by atoms with Gasteiger partial charge in [0.05, 0.1) is 11.4 Å². The van der Waals surface area contributed by atoms with Gasteiger partial charge in [0.1, 0.15) is 11.4 Å². The van der Waals surface area contributed by atoms with Gasteiger partial charge in [-0.05, 0) is 51.5 Å². The van der Waals surface area contributed by atoms with Gasteiger partial charge in [-0.15, -0.1) is 24.0 Å². The molecular weight excluding hydrogens is 515 g/mol. The van der Waals surface area contributed by atoms with Crippen molar-refractivity contribution in [1.82, 2.24) is 10.6 Å². The van der Waals surface area contributed by atoms with Gasteiger partial charge in [-0.1, -0.05) is 30.3 Å². The van der Waals surface area contributed by atoms with Crippen LogP contribution in [0.3, 0.4) is 0 Å². The zero-order chi connectivity index (χ0) is 21.5. The van der Waals surface area contributed by atoms with E-state index in [0.717, 1.165) is 23.4 Å². The summed E-state index contributed by atoms with van der Waals surface area (Å²) in [7, 11) is -3.69. The standard InChI is InChI=1S/C21H30N4O3S.HI/c1-5-23-20(24-14-16-10-12-18(13-11-16)29(22,26)27)25-15-17-8-6-7-9-19(17)28-21(2,3)4;/h6-13H,5,14-15H2,1-4H3,(H2,22,26,27)(H2,23,24,25);1H. The van der Waals surface area contributed by atoms with Crippen LogP contribution in [0.5, 0.6) is 5.75 Å². The Morgan fingerprint density at radius 2 is 1.70 bits per heavy atom. The van der Waals surface area contributed by atoms with Gasteiger partial charge < -0.3 is 15.4 Å². The summed E-state index contributed by atoms with van der Waals surface area (Å²) in [5.41, 5.74) is 1.63. The summed E-state index contributed by atoms with van der Waals surface area (Å²) in [6.45, 7) is 9.73. The molecule has 0 aliphatic rings. The number of halogens is 1. The molecule has 0 aliphatic heterocycles. The monoisotopic (exact) mass is 546 g/mol. The molecule has 0 spiro atoms. The van der Waals surface area contributed by atoms with E-state index >= 15 is 0 Å². The zero-order valence-corrected chi connectivity index (χ0v) is 21.0. The molecule has 4 N–H and O–H groups in total. The Morgan fingerprint density at radius 1 is 1.07 bits per heavy atom. The number of benzene rings is 2. The van der Waals surface area contributed by atoms with Crippen LogP contribution in [0.1, 0.15) is 38.8 Å². The van der Waals surface area contributed by atoms with Crippen LogP contribution < -0.4 is 20.5 Å². The molecule has 0 amide bonds. The van der Waals surface area contributed by atoms with E-state index in [1.165, 1.54) is 12.1 Å². The molecule has 2 aromatic rings. The number of sulfonamides is 1. The average molecular weight is 546 g/mol. The molecule has 7 nitrogen and oxygen atoms in total. The topological polar surface area (TPSA) is 106 Å². The molecule has 0 atom stereocenters. The van der Waals surface area contributed by atoms with Crippen molar-refractivity contribution in [1.29, 1.82) is 0 Å². The molecular formula is C21H31IN4O3S. The highest BCUT2D eigenvalue weighted by Gasteiger charge is 2.14. The van der Waals surface area contributed by atoms with Crippen molar-refractivity contribution in [2.75, 3.05) is 6.54 Å². The molecule has 0 aromatic heterocycles. The molecule has 166 valence electrons. The largest absolute Gasteiger partial charge is 0.488 e.